The van der Waals surface area contributed by atoms with E-state index in [1.807, 2.05) is 6.92 Å². The lowest BCUT2D eigenvalue weighted by Gasteiger charge is -2.14. The van der Waals surface area contributed by atoms with E-state index in [-0.39, 0.29) is 11.6 Å². The molecule has 5 heteroatoms. The van der Waals surface area contributed by atoms with Gasteiger partial charge in [0.2, 0.25) is 5.95 Å². The highest BCUT2D eigenvalue weighted by Gasteiger charge is 2.18. The third-order valence-electron chi connectivity index (χ3n) is 2.28. The number of nitrogens with zero attached hydrogens (tertiary/aromatic N) is 1. The lowest BCUT2D eigenvalue weighted by molar-refractivity contribution is 0.0931. The molecule has 90 valence electrons. The number of nitrogens with one attached hydrogen (secondary N) is 1. The Labute approximate surface area is 98.2 Å². The topological polar surface area (TPSA) is 42.0 Å². The van der Waals surface area contributed by atoms with E-state index in [2.05, 4.69) is 16.2 Å². The molecule has 0 aliphatic heterocycles. The van der Waals surface area contributed by atoms with Crippen LogP contribution in [0.5, 0.6) is 0 Å². The van der Waals surface area contributed by atoms with E-state index < -0.39 is 17.7 Å². The van der Waals surface area contributed by atoms with E-state index in [0.29, 0.717) is 12.8 Å². The summed E-state index contributed by atoms with van der Waals surface area (Å²) in [5, 5.41) is 2.54. The van der Waals surface area contributed by atoms with Crippen LogP contribution < -0.4 is 5.32 Å². The number of carbonyl (C=O) groups is 1. The molecule has 17 heavy (non-hydrogen) atoms. The van der Waals surface area contributed by atoms with E-state index in [4.69, 9.17) is 6.42 Å². The van der Waals surface area contributed by atoms with Crippen LogP contribution in [-0.2, 0) is 0 Å². The smallest absolute Gasteiger partial charge is 0.254 e. The van der Waals surface area contributed by atoms with E-state index in [0.717, 1.165) is 12.3 Å². The van der Waals surface area contributed by atoms with Crippen molar-refractivity contribution in [3.8, 4) is 12.3 Å². The summed E-state index contributed by atoms with van der Waals surface area (Å²) < 4.78 is 26.1. The van der Waals surface area contributed by atoms with Gasteiger partial charge in [0.15, 0.2) is 5.82 Å². The van der Waals surface area contributed by atoms with Gasteiger partial charge < -0.3 is 5.32 Å². The van der Waals surface area contributed by atoms with Crippen molar-refractivity contribution in [1.29, 1.82) is 0 Å². The van der Waals surface area contributed by atoms with Crippen molar-refractivity contribution >= 4 is 5.91 Å². The zero-order valence-corrected chi connectivity index (χ0v) is 9.34. The summed E-state index contributed by atoms with van der Waals surface area (Å²) in [6.07, 6.45) is 7.13. The molecule has 0 radical (unpaired) electrons. The SMILES string of the molecule is C#CCC(CC)NC(=O)c1ccnc(F)c1F. The lowest BCUT2D eigenvalue weighted by atomic mass is 10.1. The Morgan fingerprint density at radius 2 is 2.35 bits per heavy atom. The number of pyridine rings is 1. The lowest BCUT2D eigenvalue weighted by Crippen LogP contribution is -2.34. The zero-order chi connectivity index (χ0) is 12.8. The number of aromatic nitrogens is 1. The number of rotatable bonds is 4. The second-order valence-electron chi connectivity index (χ2n) is 3.45. The summed E-state index contributed by atoms with van der Waals surface area (Å²) in [6.45, 7) is 1.84. The fraction of sp³-hybridized carbons (Fsp3) is 0.333. The van der Waals surface area contributed by atoms with Gasteiger partial charge in [0.25, 0.3) is 5.91 Å². The first-order valence-corrected chi connectivity index (χ1v) is 5.14. The number of carbonyl (C=O) groups excluding carboxylic acids is 1. The average Bonchev–Trinajstić information content (AvgIpc) is 2.31. The highest BCUT2D eigenvalue weighted by Crippen LogP contribution is 2.09. The molecular formula is C12H12F2N2O. The Morgan fingerprint density at radius 1 is 1.65 bits per heavy atom. The summed E-state index contributed by atoms with van der Waals surface area (Å²) >= 11 is 0. The van der Waals surface area contributed by atoms with Crippen molar-refractivity contribution in [3.63, 3.8) is 0 Å². The molecule has 1 atom stereocenters. The van der Waals surface area contributed by atoms with E-state index in [1.165, 1.54) is 0 Å². The molecule has 1 rings (SSSR count). The van der Waals surface area contributed by atoms with Crippen molar-refractivity contribution in [2.45, 2.75) is 25.8 Å². The third-order valence-corrected chi connectivity index (χ3v) is 2.28. The molecule has 0 saturated carbocycles. The fourth-order valence-electron chi connectivity index (χ4n) is 1.30. The van der Waals surface area contributed by atoms with Crippen LogP contribution in [0.3, 0.4) is 0 Å². The molecule has 0 fully saturated rings. The molecule has 0 bridgehead atoms. The summed E-state index contributed by atoms with van der Waals surface area (Å²) in [6, 6.07) is 0.874. The molecule has 1 amide bonds. The Hall–Kier alpha value is -1.96. The molecule has 1 heterocycles. The number of amides is 1. The maximum Gasteiger partial charge on any atom is 0.254 e. The third kappa shape index (κ3) is 3.25. The Kier molecular flexibility index (Phi) is 4.58. The Bertz CT molecular complexity index is 454. The predicted molar refractivity (Wildman–Crippen MR) is 59.1 cm³/mol. The molecule has 0 saturated heterocycles. The van der Waals surface area contributed by atoms with Gasteiger partial charge in [-0.05, 0) is 12.5 Å². The first kappa shape index (κ1) is 13.1. The standard InChI is InChI=1S/C12H12F2N2O/c1-3-5-8(4-2)16-12(17)9-6-7-15-11(14)10(9)13/h1,6-8H,4-5H2,2H3,(H,16,17). The first-order valence-electron chi connectivity index (χ1n) is 5.14. The molecule has 0 aliphatic carbocycles. The van der Waals surface area contributed by atoms with Gasteiger partial charge >= 0.3 is 0 Å². The van der Waals surface area contributed by atoms with Crippen molar-refractivity contribution in [3.05, 3.63) is 29.6 Å². The first-order chi connectivity index (χ1) is 8.10. The van der Waals surface area contributed by atoms with Crippen molar-refractivity contribution in [1.82, 2.24) is 10.3 Å². The van der Waals surface area contributed by atoms with Crippen molar-refractivity contribution in [2.75, 3.05) is 0 Å². The number of hydrogen-bond acceptors (Lipinski definition) is 2. The minimum absolute atomic E-state index is 0.247. The minimum Gasteiger partial charge on any atom is -0.348 e. The molecule has 0 spiro atoms. The highest BCUT2D eigenvalue weighted by atomic mass is 19.2. The Morgan fingerprint density at radius 3 is 2.94 bits per heavy atom. The van der Waals surface area contributed by atoms with Crippen molar-refractivity contribution in [2.24, 2.45) is 0 Å². The highest BCUT2D eigenvalue weighted by molar-refractivity contribution is 5.94. The molecular weight excluding hydrogens is 226 g/mol. The predicted octanol–water partition coefficient (Wildman–Crippen LogP) is 1.89. The van der Waals surface area contributed by atoms with Crippen molar-refractivity contribution < 1.29 is 13.6 Å². The average molecular weight is 238 g/mol. The minimum atomic E-state index is -1.29. The van der Waals surface area contributed by atoms with Gasteiger partial charge in [-0.2, -0.15) is 4.39 Å². The molecule has 1 unspecified atom stereocenters. The Balaban J connectivity index is 2.83. The molecule has 0 aromatic carbocycles. The van der Waals surface area contributed by atoms with Gasteiger partial charge in [0.1, 0.15) is 0 Å². The summed E-state index contributed by atoms with van der Waals surface area (Å²) in [5.41, 5.74) is -0.368. The van der Waals surface area contributed by atoms with Crippen LogP contribution in [0, 0.1) is 24.1 Å². The van der Waals surface area contributed by atoms with Crippen LogP contribution in [0.25, 0.3) is 0 Å². The maximum absolute atomic E-state index is 13.3. The van der Waals surface area contributed by atoms with E-state index in [1.54, 1.807) is 0 Å². The maximum atomic E-state index is 13.3. The second-order valence-corrected chi connectivity index (χ2v) is 3.45. The number of hydrogen-bond donors (Lipinski definition) is 1. The van der Waals surface area contributed by atoms with Gasteiger partial charge in [-0.15, -0.1) is 12.3 Å². The molecule has 1 aromatic heterocycles. The van der Waals surface area contributed by atoms with Crippen LogP contribution in [0.4, 0.5) is 8.78 Å². The number of terminal acetylenes is 1. The number of halogens is 2. The summed E-state index contributed by atoms with van der Waals surface area (Å²) in [5.74, 6) is -0.821. The largest absolute Gasteiger partial charge is 0.348 e. The second kappa shape index (κ2) is 5.94. The summed E-state index contributed by atoms with van der Waals surface area (Å²) in [4.78, 5) is 14.8. The fourth-order valence-corrected chi connectivity index (χ4v) is 1.30. The summed E-state index contributed by atoms with van der Waals surface area (Å²) in [7, 11) is 0. The zero-order valence-electron chi connectivity index (χ0n) is 9.34. The molecule has 1 N–H and O–H groups in total. The van der Waals surface area contributed by atoms with E-state index >= 15 is 0 Å². The van der Waals surface area contributed by atoms with Crippen LogP contribution in [0.2, 0.25) is 0 Å². The quantitative estimate of drug-likeness (QED) is 0.643. The normalized spacial score (nSPS) is 11.6. The van der Waals surface area contributed by atoms with Gasteiger partial charge in [-0.1, -0.05) is 6.92 Å². The van der Waals surface area contributed by atoms with Crippen LogP contribution in [0.15, 0.2) is 12.3 Å². The van der Waals surface area contributed by atoms with Gasteiger partial charge in [-0.25, -0.2) is 9.37 Å². The molecule has 0 aliphatic rings. The molecule has 1 aromatic rings. The van der Waals surface area contributed by atoms with Gasteiger partial charge in [0, 0.05) is 18.7 Å². The van der Waals surface area contributed by atoms with Crippen LogP contribution >= 0.6 is 0 Å². The van der Waals surface area contributed by atoms with Gasteiger partial charge in [0.05, 0.1) is 5.56 Å². The van der Waals surface area contributed by atoms with Crippen LogP contribution in [0.1, 0.15) is 30.1 Å². The van der Waals surface area contributed by atoms with E-state index in [9.17, 15) is 13.6 Å². The van der Waals surface area contributed by atoms with Gasteiger partial charge in [-0.3, -0.25) is 4.79 Å². The molecule has 3 nitrogen and oxygen atoms in total. The monoisotopic (exact) mass is 238 g/mol. The van der Waals surface area contributed by atoms with Crippen LogP contribution in [-0.4, -0.2) is 16.9 Å².